The number of hydrogen-bond acceptors (Lipinski definition) is 2. The maximum Gasteiger partial charge on any atom is 0.220 e. The Morgan fingerprint density at radius 1 is 1.47 bits per heavy atom. The zero-order chi connectivity index (χ0) is 11.1. The molecule has 1 unspecified atom stereocenters. The first-order valence-corrected chi connectivity index (χ1v) is 6.33. The molecular formula is C11H21ClN2O. The van der Waals surface area contributed by atoms with Gasteiger partial charge in [-0.15, -0.1) is 11.6 Å². The number of hydrogen-bond donors (Lipinski definition) is 1. The lowest BCUT2D eigenvalue weighted by Gasteiger charge is -2.21. The van der Waals surface area contributed by atoms with Gasteiger partial charge in [0.05, 0.1) is 0 Å². The Labute approximate surface area is 97.2 Å². The first-order valence-electron chi connectivity index (χ1n) is 5.80. The van der Waals surface area contributed by atoms with Crippen molar-refractivity contribution in [1.29, 1.82) is 0 Å². The second kappa shape index (κ2) is 7.07. The molecule has 4 heteroatoms. The van der Waals surface area contributed by atoms with E-state index >= 15 is 0 Å². The summed E-state index contributed by atoms with van der Waals surface area (Å²) in [4.78, 5) is 13.8. The highest BCUT2D eigenvalue weighted by Crippen LogP contribution is 2.07. The molecule has 1 heterocycles. The number of nitrogens with one attached hydrogen (secondary N) is 1. The van der Waals surface area contributed by atoms with Gasteiger partial charge in [0.2, 0.25) is 5.91 Å². The van der Waals surface area contributed by atoms with Gasteiger partial charge in [0.1, 0.15) is 0 Å². The second-order valence-corrected chi connectivity index (χ2v) is 4.65. The Morgan fingerprint density at radius 3 is 2.73 bits per heavy atom. The van der Waals surface area contributed by atoms with Crippen LogP contribution in [0.5, 0.6) is 0 Å². The van der Waals surface area contributed by atoms with Crippen LogP contribution in [0, 0.1) is 0 Å². The lowest BCUT2D eigenvalue weighted by Crippen LogP contribution is -2.41. The van der Waals surface area contributed by atoms with E-state index in [0.717, 1.165) is 13.0 Å². The van der Waals surface area contributed by atoms with E-state index < -0.39 is 0 Å². The number of carbonyl (C=O) groups is 1. The molecular weight excluding hydrogens is 212 g/mol. The Bertz CT molecular complexity index is 193. The minimum absolute atomic E-state index is 0.127. The summed E-state index contributed by atoms with van der Waals surface area (Å²) in [5, 5.41) is 3.00. The molecule has 1 fully saturated rings. The molecule has 0 aromatic heterocycles. The molecule has 88 valence electrons. The van der Waals surface area contributed by atoms with Crippen molar-refractivity contribution in [2.45, 2.75) is 38.6 Å². The average Bonchev–Trinajstić information content (AvgIpc) is 2.67. The third-order valence-electron chi connectivity index (χ3n) is 2.68. The van der Waals surface area contributed by atoms with E-state index in [4.69, 9.17) is 11.6 Å². The Kier molecular flexibility index (Phi) is 6.03. The van der Waals surface area contributed by atoms with Crippen molar-refractivity contribution < 1.29 is 4.79 Å². The van der Waals surface area contributed by atoms with Gasteiger partial charge in [-0.25, -0.2) is 0 Å². The molecule has 1 aliphatic rings. The zero-order valence-electron chi connectivity index (χ0n) is 9.47. The highest BCUT2D eigenvalue weighted by molar-refractivity contribution is 6.17. The van der Waals surface area contributed by atoms with Gasteiger partial charge in [0.15, 0.2) is 0 Å². The predicted molar refractivity (Wildman–Crippen MR) is 63.2 cm³/mol. The van der Waals surface area contributed by atoms with Crippen LogP contribution in [-0.2, 0) is 4.79 Å². The number of rotatable bonds is 6. The molecule has 1 rings (SSSR count). The summed E-state index contributed by atoms with van der Waals surface area (Å²) in [7, 11) is 0. The summed E-state index contributed by atoms with van der Waals surface area (Å²) < 4.78 is 0. The van der Waals surface area contributed by atoms with Crippen LogP contribution in [0.3, 0.4) is 0 Å². The molecule has 1 N–H and O–H groups in total. The Balaban J connectivity index is 2.11. The van der Waals surface area contributed by atoms with Crippen LogP contribution in [0.4, 0.5) is 0 Å². The van der Waals surface area contributed by atoms with E-state index in [-0.39, 0.29) is 11.9 Å². The summed E-state index contributed by atoms with van der Waals surface area (Å²) in [5.41, 5.74) is 0. The fourth-order valence-corrected chi connectivity index (χ4v) is 2.11. The standard InChI is InChI=1S/C11H21ClN2O/c1-10(9-14-7-2-3-8-14)13-11(15)5-4-6-12/h10H,2-9H2,1H3,(H,13,15). The first-order chi connectivity index (χ1) is 7.22. The van der Waals surface area contributed by atoms with E-state index in [0.29, 0.717) is 12.3 Å². The van der Waals surface area contributed by atoms with Crippen LogP contribution < -0.4 is 5.32 Å². The lowest BCUT2D eigenvalue weighted by atomic mass is 10.2. The molecule has 1 aliphatic heterocycles. The minimum Gasteiger partial charge on any atom is -0.352 e. The number of halogens is 1. The average molecular weight is 233 g/mol. The van der Waals surface area contributed by atoms with Crippen molar-refractivity contribution in [3.05, 3.63) is 0 Å². The lowest BCUT2D eigenvalue weighted by molar-refractivity contribution is -0.121. The first kappa shape index (κ1) is 12.8. The van der Waals surface area contributed by atoms with Gasteiger partial charge in [-0.2, -0.15) is 0 Å². The molecule has 3 nitrogen and oxygen atoms in total. The van der Waals surface area contributed by atoms with Crippen molar-refractivity contribution in [2.75, 3.05) is 25.5 Å². The van der Waals surface area contributed by atoms with Crippen molar-refractivity contribution in [1.82, 2.24) is 10.2 Å². The van der Waals surface area contributed by atoms with Crippen molar-refractivity contribution in [3.63, 3.8) is 0 Å². The third kappa shape index (κ3) is 5.38. The predicted octanol–water partition coefficient (Wildman–Crippen LogP) is 1.61. The van der Waals surface area contributed by atoms with E-state index in [1.54, 1.807) is 0 Å². The van der Waals surface area contributed by atoms with Crippen molar-refractivity contribution >= 4 is 17.5 Å². The van der Waals surface area contributed by atoms with Gasteiger partial charge in [-0.1, -0.05) is 0 Å². The summed E-state index contributed by atoms with van der Waals surface area (Å²) in [6.07, 6.45) is 3.91. The highest BCUT2D eigenvalue weighted by atomic mass is 35.5. The van der Waals surface area contributed by atoms with Gasteiger partial charge < -0.3 is 10.2 Å². The molecule has 15 heavy (non-hydrogen) atoms. The van der Waals surface area contributed by atoms with E-state index in [2.05, 4.69) is 17.1 Å². The molecule has 0 saturated carbocycles. The smallest absolute Gasteiger partial charge is 0.220 e. The molecule has 0 radical (unpaired) electrons. The molecule has 1 amide bonds. The molecule has 0 aromatic carbocycles. The number of nitrogens with zero attached hydrogens (tertiary/aromatic N) is 1. The van der Waals surface area contributed by atoms with Gasteiger partial charge >= 0.3 is 0 Å². The maximum absolute atomic E-state index is 11.4. The zero-order valence-corrected chi connectivity index (χ0v) is 10.2. The van der Waals surface area contributed by atoms with Crippen LogP contribution in [0.2, 0.25) is 0 Å². The van der Waals surface area contributed by atoms with E-state index in [1.165, 1.54) is 25.9 Å². The van der Waals surface area contributed by atoms with Crippen LogP contribution >= 0.6 is 11.6 Å². The molecule has 0 aliphatic carbocycles. The topological polar surface area (TPSA) is 32.3 Å². The van der Waals surface area contributed by atoms with Crippen molar-refractivity contribution in [3.8, 4) is 0 Å². The van der Waals surface area contributed by atoms with Crippen molar-refractivity contribution in [2.24, 2.45) is 0 Å². The summed E-state index contributed by atoms with van der Waals surface area (Å²) in [5.74, 6) is 0.691. The molecule has 0 spiro atoms. The van der Waals surface area contributed by atoms with Crippen LogP contribution in [-0.4, -0.2) is 42.4 Å². The van der Waals surface area contributed by atoms with Gasteiger partial charge in [-0.05, 0) is 39.3 Å². The fraction of sp³-hybridized carbons (Fsp3) is 0.909. The summed E-state index contributed by atoms with van der Waals surface area (Å²) in [6, 6.07) is 0.255. The molecule has 0 bridgehead atoms. The second-order valence-electron chi connectivity index (χ2n) is 4.27. The third-order valence-corrected chi connectivity index (χ3v) is 2.94. The number of carbonyl (C=O) groups excluding carboxylic acids is 1. The van der Waals surface area contributed by atoms with Crippen LogP contribution in [0.25, 0.3) is 0 Å². The van der Waals surface area contributed by atoms with E-state index in [9.17, 15) is 4.79 Å². The monoisotopic (exact) mass is 232 g/mol. The molecule has 1 atom stereocenters. The number of likely N-dealkylation sites (tertiary alicyclic amines) is 1. The van der Waals surface area contributed by atoms with Crippen LogP contribution in [0.15, 0.2) is 0 Å². The van der Waals surface area contributed by atoms with Crippen LogP contribution in [0.1, 0.15) is 32.6 Å². The quantitative estimate of drug-likeness (QED) is 0.706. The Morgan fingerprint density at radius 2 is 2.13 bits per heavy atom. The van der Waals surface area contributed by atoms with E-state index in [1.807, 2.05) is 0 Å². The fourth-order valence-electron chi connectivity index (χ4n) is 1.97. The normalized spacial score (nSPS) is 19.1. The number of amides is 1. The van der Waals surface area contributed by atoms with Gasteiger partial charge in [0, 0.05) is 24.9 Å². The minimum atomic E-state index is 0.127. The number of alkyl halides is 1. The SMILES string of the molecule is CC(CN1CCCC1)NC(=O)CCCCl. The maximum atomic E-state index is 11.4. The summed E-state index contributed by atoms with van der Waals surface area (Å²) >= 11 is 5.53. The van der Waals surface area contributed by atoms with Gasteiger partial charge in [-0.3, -0.25) is 4.79 Å². The molecule has 1 saturated heterocycles. The van der Waals surface area contributed by atoms with Gasteiger partial charge in [0.25, 0.3) is 0 Å². The summed E-state index contributed by atoms with van der Waals surface area (Å²) in [6.45, 7) is 5.41. The largest absolute Gasteiger partial charge is 0.352 e. The highest BCUT2D eigenvalue weighted by Gasteiger charge is 2.15. The Hall–Kier alpha value is -0.280. The molecule has 0 aromatic rings.